The van der Waals surface area contributed by atoms with E-state index < -0.39 is 30.4 Å². The van der Waals surface area contributed by atoms with E-state index in [2.05, 4.69) is 59.5 Å². The Morgan fingerprint density at radius 3 is 2.78 bits per heavy atom. The van der Waals surface area contributed by atoms with Gasteiger partial charge >= 0.3 is 0 Å². The number of nitrogens with one attached hydrogen (secondary N) is 2. The van der Waals surface area contributed by atoms with Gasteiger partial charge in [-0.15, -0.1) is 0 Å². The molecule has 41 heavy (non-hydrogen) atoms. The van der Waals surface area contributed by atoms with E-state index in [1.165, 1.54) is 28.2 Å². The molecular weight excluding hydrogens is 524 g/mol. The van der Waals surface area contributed by atoms with E-state index in [0.717, 1.165) is 36.9 Å². The van der Waals surface area contributed by atoms with Gasteiger partial charge in [0.25, 0.3) is 5.91 Å². The van der Waals surface area contributed by atoms with E-state index in [4.69, 9.17) is 4.74 Å². The normalized spacial score (nSPS) is 22.4. The van der Waals surface area contributed by atoms with Crippen molar-refractivity contribution in [1.82, 2.24) is 34.4 Å². The van der Waals surface area contributed by atoms with Gasteiger partial charge in [-0.05, 0) is 42.5 Å². The molecule has 5 heterocycles. The Bertz CT molecular complexity index is 1700. The second-order valence-corrected chi connectivity index (χ2v) is 10.6. The fourth-order valence-electron chi connectivity index (χ4n) is 5.44. The summed E-state index contributed by atoms with van der Waals surface area (Å²) in [5, 5.41) is 28.6. The molecule has 1 aliphatic carbocycles. The fraction of sp³-hybridized carbons (Fsp3) is 0.345. The highest BCUT2D eigenvalue weighted by Crippen LogP contribution is 2.33. The average molecular weight is 555 g/mol. The number of fused-ring (bicyclic) bond motifs is 2. The third-order valence-electron chi connectivity index (χ3n) is 7.69. The molecule has 12 nitrogen and oxygen atoms in total. The van der Waals surface area contributed by atoms with Gasteiger partial charge in [0.1, 0.15) is 18.5 Å². The minimum atomic E-state index is -1.36. The molecule has 0 bridgehead atoms. The molecule has 1 saturated carbocycles. The zero-order valence-corrected chi connectivity index (χ0v) is 22.2. The quantitative estimate of drug-likeness (QED) is 0.214. The third kappa shape index (κ3) is 4.90. The van der Waals surface area contributed by atoms with Gasteiger partial charge in [0.15, 0.2) is 29.3 Å². The molecule has 4 N–H and O–H groups in total. The lowest BCUT2D eigenvalue weighted by molar-refractivity contribution is -0.137. The Labute approximate surface area is 235 Å². The van der Waals surface area contributed by atoms with Gasteiger partial charge in [0.05, 0.1) is 6.33 Å². The Morgan fingerprint density at radius 1 is 1.07 bits per heavy atom. The van der Waals surface area contributed by atoms with Gasteiger partial charge < -0.3 is 30.2 Å². The molecular formula is C29H30N8O4. The summed E-state index contributed by atoms with van der Waals surface area (Å²) in [6.45, 7) is 1.34. The summed E-state index contributed by atoms with van der Waals surface area (Å²) in [5.74, 6) is 0.119. The van der Waals surface area contributed by atoms with Crippen LogP contribution >= 0.6 is 0 Å². The van der Waals surface area contributed by atoms with Crippen LogP contribution in [0.15, 0.2) is 67.6 Å². The summed E-state index contributed by atoms with van der Waals surface area (Å²) in [6, 6.07) is 12.5. The Balaban J connectivity index is 1.07. The van der Waals surface area contributed by atoms with Crippen molar-refractivity contribution in [3.8, 4) is 0 Å². The van der Waals surface area contributed by atoms with Crippen LogP contribution in [0.5, 0.6) is 0 Å². The molecule has 0 spiro atoms. The molecule has 1 amide bonds. The van der Waals surface area contributed by atoms with Crippen LogP contribution in [0.2, 0.25) is 0 Å². The predicted molar refractivity (Wildman–Crippen MR) is 150 cm³/mol. The Hall–Kier alpha value is -4.39. The van der Waals surface area contributed by atoms with Gasteiger partial charge in [0, 0.05) is 48.6 Å². The number of rotatable bonds is 9. The second-order valence-electron chi connectivity index (χ2n) is 10.6. The number of hydrogen-bond donors (Lipinski definition) is 4. The Morgan fingerprint density at radius 2 is 1.95 bits per heavy atom. The largest absolute Gasteiger partial charge is 0.387 e. The number of para-hydroxylation sites is 1. The highest BCUT2D eigenvalue weighted by atomic mass is 16.6. The molecule has 1 aromatic carbocycles. The molecule has 2 aliphatic rings. The van der Waals surface area contributed by atoms with Crippen molar-refractivity contribution < 1.29 is 19.7 Å². The van der Waals surface area contributed by atoms with Crippen molar-refractivity contribution in [3.63, 3.8) is 0 Å². The minimum Gasteiger partial charge on any atom is -0.387 e. The van der Waals surface area contributed by atoms with Crippen LogP contribution < -0.4 is 10.6 Å². The van der Waals surface area contributed by atoms with Crippen molar-refractivity contribution in [2.45, 2.75) is 56.4 Å². The molecule has 7 rings (SSSR count). The molecule has 4 aromatic heterocycles. The number of nitrogens with zero attached hydrogens (tertiary/aromatic N) is 6. The van der Waals surface area contributed by atoms with E-state index in [1.807, 2.05) is 24.4 Å². The molecule has 210 valence electrons. The van der Waals surface area contributed by atoms with Crippen LogP contribution in [0.1, 0.15) is 30.2 Å². The molecule has 12 heteroatoms. The highest BCUT2D eigenvalue weighted by molar-refractivity contribution is 5.85. The predicted octanol–water partition coefficient (Wildman–Crippen LogP) is 1.78. The lowest BCUT2D eigenvalue weighted by atomic mass is 10.1. The molecule has 1 saturated heterocycles. The number of amides is 1. The smallest absolute Gasteiger partial charge is 0.252 e. The van der Waals surface area contributed by atoms with Crippen molar-refractivity contribution in [2.24, 2.45) is 0 Å². The molecule has 4 atom stereocenters. The zero-order valence-electron chi connectivity index (χ0n) is 22.2. The molecule has 0 radical (unpaired) electrons. The summed E-state index contributed by atoms with van der Waals surface area (Å²) in [5.41, 5.74) is 4.43. The summed E-state index contributed by atoms with van der Waals surface area (Å²) >= 11 is 0. The fourth-order valence-corrected chi connectivity index (χ4v) is 5.44. The van der Waals surface area contributed by atoms with Crippen LogP contribution in [-0.4, -0.2) is 76.1 Å². The second kappa shape index (κ2) is 10.5. The maximum Gasteiger partial charge on any atom is 0.252 e. The first kappa shape index (κ1) is 25.6. The standard InChI is InChI=1S/C29H30N8O4/c38-23-24(39)29(41-25(23)28(40)35-19-7-8-19)37-16-34-22-26(32-15-33-27(22)37)31-11-9-18-14-36(13-17-4-3-10-30-12-17)21-6-2-1-5-20(18)21/h1-6,10,12,14-16,19,23-25,29,38-39H,7-9,11,13H2,(H,35,40)(H,31,32,33). The number of carbonyl (C=O) groups is 1. The zero-order chi connectivity index (χ0) is 27.9. The van der Waals surface area contributed by atoms with E-state index in [9.17, 15) is 15.0 Å². The number of aliphatic hydroxyl groups is 2. The molecule has 4 unspecified atom stereocenters. The summed E-state index contributed by atoms with van der Waals surface area (Å²) in [4.78, 5) is 30.0. The maximum absolute atomic E-state index is 12.5. The molecule has 2 fully saturated rings. The van der Waals surface area contributed by atoms with E-state index in [-0.39, 0.29) is 6.04 Å². The molecule has 5 aromatic rings. The van der Waals surface area contributed by atoms with Crippen LogP contribution in [0.3, 0.4) is 0 Å². The van der Waals surface area contributed by atoms with Crippen LogP contribution in [0.25, 0.3) is 22.1 Å². The maximum atomic E-state index is 12.5. The molecule has 1 aliphatic heterocycles. The number of hydrogen-bond acceptors (Lipinski definition) is 9. The number of aliphatic hydroxyl groups excluding tert-OH is 2. The van der Waals surface area contributed by atoms with E-state index in [0.29, 0.717) is 23.5 Å². The summed E-state index contributed by atoms with van der Waals surface area (Å²) < 4.78 is 9.59. The van der Waals surface area contributed by atoms with Crippen molar-refractivity contribution in [1.29, 1.82) is 0 Å². The van der Waals surface area contributed by atoms with Crippen LogP contribution in [-0.2, 0) is 22.5 Å². The monoisotopic (exact) mass is 554 g/mol. The van der Waals surface area contributed by atoms with Gasteiger partial charge in [-0.2, -0.15) is 0 Å². The first-order chi connectivity index (χ1) is 20.1. The lowest BCUT2D eigenvalue weighted by Crippen LogP contribution is -2.43. The number of carbonyl (C=O) groups excluding carboxylic acids is 1. The van der Waals surface area contributed by atoms with Crippen LogP contribution in [0, 0.1) is 0 Å². The van der Waals surface area contributed by atoms with Crippen molar-refractivity contribution in [2.75, 3.05) is 11.9 Å². The van der Waals surface area contributed by atoms with Gasteiger partial charge in [0.2, 0.25) is 0 Å². The highest BCUT2D eigenvalue weighted by Gasteiger charge is 2.48. The Kier molecular flexibility index (Phi) is 6.57. The van der Waals surface area contributed by atoms with Crippen molar-refractivity contribution in [3.05, 3.63) is 78.8 Å². The van der Waals surface area contributed by atoms with E-state index >= 15 is 0 Å². The first-order valence-electron chi connectivity index (χ1n) is 13.8. The van der Waals surface area contributed by atoms with E-state index in [1.54, 1.807) is 6.20 Å². The van der Waals surface area contributed by atoms with Gasteiger partial charge in [-0.1, -0.05) is 24.3 Å². The van der Waals surface area contributed by atoms with Gasteiger partial charge in [-0.3, -0.25) is 14.3 Å². The van der Waals surface area contributed by atoms with Crippen LogP contribution in [0.4, 0.5) is 5.82 Å². The number of aromatic nitrogens is 6. The number of imidazole rings is 1. The minimum absolute atomic E-state index is 0.114. The number of anilines is 1. The topological polar surface area (TPSA) is 152 Å². The number of ether oxygens (including phenoxy) is 1. The lowest BCUT2D eigenvalue weighted by Gasteiger charge is -2.16. The summed E-state index contributed by atoms with van der Waals surface area (Å²) in [6.07, 6.45) is 6.44. The third-order valence-corrected chi connectivity index (χ3v) is 7.69. The average Bonchev–Trinajstić information content (AvgIpc) is 3.48. The van der Waals surface area contributed by atoms with Gasteiger partial charge in [-0.25, -0.2) is 15.0 Å². The number of pyridine rings is 1. The summed E-state index contributed by atoms with van der Waals surface area (Å²) in [7, 11) is 0. The SMILES string of the molecule is O=C(NC1CC1)C1OC(n2cnc3c(NCCc4cn(Cc5cccnc5)c5ccccc45)ncnc32)C(O)C1O. The van der Waals surface area contributed by atoms with Crippen molar-refractivity contribution >= 4 is 33.8 Å². The number of benzene rings is 1. The first-order valence-corrected chi connectivity index (χ1v) is 13.8.